The lowest BCUT2D eigenvalue weighted by atomic mass is 10.2. The van der Waals surface area contributed by atoms with Gasteiger partial charge in [0.05, 0.1) is 9.96 Å². The summed E-state index contributed by atoms with van der Waals surface area (Å²) in [6, 6.07) is 9.70. The SMILES string of the molecule is O=C(CSc1cccs1)OCc1nnc(C(=O)NCc2ccc(F)cc2)s1. The molecule has 3 aromatic rings. The Morgan fingerprint density at radius 3 is 2.74 bits per heavy atom. The molecule has 1 N–H and O–H groups in total. The van der Waals surface area contributed by atoms with Gasteiger partial charge in [0.25, 0.3) is 5.91 Å². The van der Waals surface area contributed by atoms with E-state index < -0.39 is 0 Å². The van der Waals surface area contributed by atoms with Crippen LogP contribution in [0.4, 0.5) is 4.39 Å². The van der Waals surface area contributed by atoms with Crippen LogP contribution in [0.3, 0.4) is 0 Å². The number of benzene rings is 1. The van der Waals surface area contributed by atoms with Crippen molar-refractivity contribution in [2.45, 2.75) is 17.4 Å². The number of aromatic nitrogens is 2. The molecule has 1 amide bonds. The van der Waals surface area contributed by atoms with Crippen molar-refractivity contribution in [2.75, 3.05) is 5.75 Å². The molecule has 0 spiro atoms. The van der Waals surface area contributed by atoms with Gasteiger partial charge in [0, 0.05) is 6.54 Å². The number of halogens is 1. The third-order valence-corrected chi connectivity index (χ3v) is 6.21. The number of nitrogens with zero attached hydrogens (tertiary/aromatic N) is 2. The average molecular weight is 424 g/mol. The topological polar surface area (TPSA) is 81.2 Å². The van der Waals surface area contributed by atoms with Crippen LogP contribution in [-0.4, -0.2) is 27.8 Å². The van der Waals surface area contributed by atoms with E-state index in [0.717, 1.165) is 21.1 Å². The smallest absolute Gasteiger partial charge is 0.316 e. The lowest BCUT2D eigenvalue weighted by Gasteiger charge is -2.02. The Bertz CT molecular complexity index is 898. The van der Waals surface area contributed by atoms with Gasteiger partial charge in [-0.05, 0) is 29.1 Å². The molecule has 10 heteroatoms. The van der Waals surface area contributed by atoms with Crippen LogP contribution in [0, 0.1) is 5.82 Å². The Balaban J connectivity index is 1.42. The minimum Gasteiger partial charge on any atom is -0.458 e. The minimum atomic E-state index is -0.386. The molecule has 140 valence electrons. The monoisotopic (exact) mass is 423 g/mol. The molecule has 6 nitrogen and oxygen atoms in total. The highest BCUT2D eigenvalue weighted by Gasteiger charge is 2.14. The average Bonchev–Trinajstić information content (AvgIpc) is 3.36. The van der Waals surface area contributed by atoms with Crippen molar-refractivity contribution in [2.24, 2.45) is 0 Å². The Hall–Kier alpha value is -2.30. The molecule has 27 heavy (non-hydrogen) atoms. The summed E-state index contributed by atoms with van der Waals surface area (Å²) in [5, 5.41) is 12.9. The second-order valence-electron chi connectivity index (χ2n) is 5.19. The van der Waals surface area contributed by atoms with E-state index in [4.69, 9.17) is 4.74 Å². The zero-order valence-corrected chi connectivity index (χ0v) is 16.3. The van der Waals surface area contributed by atoms with Gasteiger partial charge < -0.3 is 10.1 Å². The van der Waals surface area contributed by atoms with E-state index in [-0.39, 0.29) is 41.6 Å². The Morgan fingerprint density at radius 2 is 2.00 bits per heavy atom. The third-order valence-electron chi connectivity index (χ3n) is 3.21. The first-order chi connectivity index (χ1) is 13.1. The number of esters is 1. The summed E-state index contributed by atoms with van der Waals surface area (Å²) in [7, 11) is 0. The first kappa shape index (κ1) is 19.5. The van der Waals surface area contributed by atoms with E-state index in [9.17, 15) is 14.0 Å². The molecule has 0 aliphatic heterocycles. The summed E-state index contributed by atoms with van der Waals surface area (Å²) in [6.45, 7) is 0.232. The van der Waals surface area contributed by atoms with Gasteiger partial charge in [0.1, 0.15) is 12.4 Å². The van der Waals surface area contributed by atoms with Crippen molar-refractivity contribution in [1.29, 1.82) is 0 Å². The maximum absolute atomic E-state index is 12.9. The van der Waals surface area contributed by atoms with Crippen LogP contribution in [-0.2, 0) is 22.7 Å². The Kier molecular flexibility index (Phi) is 6.91. The van der Waals surface area contributed by atoms with Crippen LogP contribution in [0.1, 0.15) is 20.4 Å². The van der Waals surface area contributed by atoms with Crippen molar-refractivity contribution in [3.05, 3.63) is 63.2 Å². The molecule has 1 aromatic carbocycles. The van der Waals surface area contributed by atoms with E-state index in [1.807, 2.05) is 17.5 Å². The molecule has 2 aromatic heterocycles. The Labute approximate surface area is 166 Å². The molecule has 0 atom stereocenters. The second-order valence-corrected chi connectivity index (χ2v) is 8.48. The quantitative estimate of drug-likeness (QED) is 0.441. The second kappa shape index (κ2) is 9.58. The fourth-order valence-corrected chi connectivity index (χ4v) is 4.17. The summed E-state index contributed by atoms with van der Waals surface area (Å²) in [4.78, 5) is 23.8. The predicted octanol–water partition coefficient (Wildman–Crippen LogP) is 3.50. The summed E-state index contributed by atoms with van der Waals surface area (Å²) in [6.07, 6.45) is 0. The van der Waals surface area contributed by atoms with E-state index in [0.29, 0.717) is 5.01 Å². The van der Waals surface area contributed by atoms with Gasteiger partial charge in [-0.3, -0.25) is 9.59 Å². The molecule has 3 rings (SSSR count). The molecule has 0 saturated heterocycles. The van der Waals surface area contributed by atoms with Crippen LogP contribution in [0.15, 0.2) is 46.0 Å². The number of thioether (sulfide) groups is 1. The van der Waals surface area contributed by atoms with E-state index in [2.05, 4.69) is 15.5 Å². The van der Waals surface area contributed by atoms with Crippen molar-refractivity contribution in [1.82, 2.24) is 15.5 Å². The minimum absolute atomic E-state index is 0.0211. The first-order valence-electron chi connectivity index (χ1n) is 7.77. The fraction of sp³-hybridized carbons (Fsp3) is 0.176. The maximum atomic E-state index is 12.9. The van der Waals surface area contributed by atoms with Crippen molar-refractivity contribution < 1.29 is 18.7 Å². The highest BCUT2D eigenvalue weighted by molar-refractivity contribution is 8.01. The van der Waals surface area contributed by atoms with Gasteiger partial charge in [-0.1, -0.05) is 29.5 Å². The lowest BCUT2D eigenvalue weighted by molar-refractivity contribution is -0.141. The van der Waals surface area contributed by atoms with Gasteiger partial charge in [-0.15, -0.1) is 33.3 Å². The van der Waals surface area contributed by atoms with Crippen LogP contribution in [0.2, 0.25) is 0 Å². The Morgan fingerprint density at radius 1 is 1.19 bits per heavy atom. The highest BCUT2D eigenvalue weighted by atomic mass is 32.2. The summed E-state index contributed by atoms with van der Waals surface area (Å²) in [5.41, 5.74) is 0.770. The summed E-state index contributed by atoms with van der Waals surface area (Å²) in [5.74, 6) is -0.861. The molecule has 0 fully saturated rings. The normalized spacial score (nSPS) is 10.6. The van der Waals surface area contributed by atoms with Crippen LogP contribution >= 0.6 is 34.4 Å². The number of carbonyl (C=O) groups is 2. The number of hydrogen-bond acceptors (Lipinski definition) is 8. The van der Waals surface area contributed by atoms with Crippen LogP contribution in [0.25, 0.3) is 0 Å². The molecule has 0 unspecified atom stereocenters. The van der Waals surface area contributed by atoms with Gasteiger partial charge in [0.15, 0.2) is 5.01 Å². The van der Waals surface area contributed by atoms with E-state index in [1.54, 1.807) is 23.5 Å². The molecule has 2 heterocycles. The number of nitrogens with one attached hydrogen (secondary N) is 1. The van der Waals surface area contributed by atoms with E-state index in [1.165, 1.54) is 23.9 Å². The first-order valence-corrected chi connectivity index (χ1v) is 10.5. The lowest BCUT2D eigenvalue weighted by Crippen LogP contribution is -2.22. The van der Waals surface area contributed by atoms with E-state index >= 15 is 0 Å². The molecular formula is C17H14FN3O3S3. The fourth-order valence-electron chi connectivity index (χ4n) is 1.92. The van der Waals surface area contributed by atoms with Crippen molar-refractivity contribution in [3.63, 3.8) is 0 Å². The number of rotatable bonds is 8. The van der Waals surface area contributed by atoms with Crippen molar-refractivity contribution in [3.8, 4) is 0 Å². The van der Waals surface area contributed by atoms with Crippen LogP contribution in [0.5, 0.6) is 0 Å². The van der Waals surface area contributed by atoms with Gasteiger partial charge >= 0.3 is 5.97 Å². The zero-order chi connectivity index (χ0) is 19.1. The van der Waals surface area contributed by atoms with Crippen LogP contribution < -0.4 is 5.32 Å². The summed E-state index contributed by atoms with van der Waals surface area (Å²) >= 11 is 4.03. The number of amides is 1. The molecular weight excluding hydrogens is 409 g/mol. The highest BCUT2D eigenvalue weighted by Crippen LogP contribution is 2.23. The van der Waals surface area contributed by atoms with Gasteiger partial charge in [-0.2, -0.15) is 0 Å². The standard InChI is InChI=1S/C17H14FN3O3S3/c18-12-5-3-11(4-6-12)8-19-16(23)17-21-20-13(27-17)9-24-14(22)10-26-15-2-1-7-25-15/h1-7H,8-10H2,(H,19,23). The number of thiophene rings is 1. The largest absolute Gasteiger partial charge is 0.458 e. The van der Waals surface area contributed by atoms with Crippen molar-refractivity contribution >= 4 is 46.3 Å². The summed E-state index contributed by atoms with van der Waals surface area (Å²) < 4.78 is 19.1. The predicted molar refractivity (Wildman–Crippen MR) is 102 cm³/mol. The molecule has 0 bridgehead atoms. The maximum Gasteiger partial charge on any atom is 0.316 e. The van der Waals surface area contributed by atoms with Gasteiger partial charge in [0.2, 0.25) is 5.01 Å². The molecule has 0 aliphatic rings. The van der Waals surface area contributed by atoms with Gasteiger partial charge in [-0.25, -0.2) is 4.39 Å². The number of ether oxygens (including phenoxy) is 1. The molecule has 0 saturated carbocycles. The third kappa shape index (κ3) is 6.12. The number of carbonyl (C=O) groups excluding carboxylic acids is 2. The zero-order valence-electron chi connectivity index (χ0n) is 13.9. The number of hydrogen-bond donors (Lipinski definition) is 1. The molecule has 0 radical (unpaired) electrons. The molecule has 0 aliphatic carbocycles.